The van der Waals surface area contributed by atoms with E-state index in [1.54, 1.807) is 0 Å². The van der Waals surface area contributed by atoms with Gasteiger partial charge in [0.05, 0.1) is 17.8 Å². The molecule has 0 aliphatic heterocycles. The van der Waals surface area contributed by atoms with Crippen molar-refractivity contribution in [2.24, 2.45) is 5.41 Å². The van der Waals surface area contributed by atoms with E-state index in [-0.39, 0.29) is 23.4 Å². The predicted octanol–water partition coefficient (Wildman–Crippen LogP) is 2.37. The quantitative estimate of drug-likeness (QED) is 0.865. The standard InChI is InChI=1S/C15H20N2O3/c1-2-15(6-3-4-7-15)14(20)17-10-12-9-11(13(18)19)5-8-16-12/h5,8-9H,2-4,6-7,10H2,1H3,(H,17,20)(H,18,19). The van der Waals surface area contributed by atoms with Crippen molar-refractivity contribution in [3.05, 3.63) is 29.6 Å². The number of carbonyl (C=O) groups is 2. The fraction of sp³-hybridized carbons (Fsp3) is 0.533. The zero-order valence-electron chi connectivity index (χ0n) is 11.7. The Bertz CT molecular complexity index is 508. The van der Waals surface area contributed by atoms with E-state index < -0.39 is 5.97 Å². The maximum Gasteiger partial charge on any atom is 0.335 e. The molecule has 0 bridgehead atoms. The summed E-state index contributed by atoms with van der Waals surface area (Å²) < 4.78 is 0. The highest BCUT2D eigenvalue weighted by molar-refractivity contribution is 5.87. The molecule has 2 rings (SSSR count). The Kier molecular flexibility index (Phi) is 4.37. The molecule has 0 saturated heterocycles. The minimum absolute atomic E-state index is 0.0695. The topological polar surface area (TPSA) is 79.3 Å². The molecule has 2 N–H and O–H groups in total. The monoisotopic (exact) mass is 276 g/mol. The van der Waals surface area contributed by atoms with Gasteiger partial charge in [-0.1, -0.05) is 19.8 Å². The minimum Gasteiger partial charge on any atom is -0.478 e. The number of aromatic nitrogens is 1. The van der Waals surface area contributed by atoms with Crippen LogP contribution >= 0.6 is 0 Å². The first-order valence-corrected chi connectivity index (χ1v) is 7.04. The highest BCUT2D eigenvalue weighted by Gasteiger charge is 2.38. The summed E-state index contributed by atoms with van der Waals surface area (Å²) in [4.78, 5) is 27.3. The summed E-state index contributed by atoms with van der Waals surface area (Å²) in [7, 11) is 0. The van der Waals surface area contributed by atoms with Gasteiger partial charge in [-0.05, 0) is 31.4 Å². The van der Waals surface area contributed by atoms with Gasteiger partial charge in [0, 0.05) is 11.6 Å². The van der Waals surface area contributed by atoms with Crippen molar-refractivity contribution in [1.29, 1.82) is 0 Å². The van der Waals surface area contributed by atoms with E-state index in [1.807, 2.05) is 6.92 Å². The molecule has 20 heavy (non-hydrogen) atoms. The number of nitrogens with zero attached hydrogens (tertiary/aromatic N) is 1. The van der Waals surface area contributed by atoms with Crippen molar-refractivity contribution >= 4 is 11.9 Å². The van der Waals surface area contributed by atoms with Crippen LogP contribution in [0.4, 0.5) is 0 Å². The first-order chi connectivity index (χ1) is 9.57. The number of carbonyl (C=O) groups excluding carboxylic acids is 1. The van der Waals surface area contributed by atoms with Crippen LogP contribution in [0.5, 0.6) is 0 Å². The van der Waals surface area contributed by atoms with Gasteiger partial charge in [0.1, 0.15) is 0 Å². The number of amides is 1. The molecular weight excluding hydrogens is 256 g/mol. The van der Waals surface area contributed by atoms with Gasteiger partial charge in [-0.15, -0.1) is 0 Å². The van der Waals surface area contributed by atoms with Crippen LogP contribution in [0.25, 0.3) is 0 Å². The first kappa shape index (κ1) is 14.5. The number of carboxylic acids is 1. The molecule has 0 atom stereocenters. The fourth-order valence-electron chi connectivity index (χ4n) is 2.86. The lowest BCUT2D eigenvalue weighted by Crippen LogP contribution is -2.38. The number of aromatic carboxylic acids is 1. The molecule has 1 heterocycles. The van der Waals surface area contributed by atoms with E-state index in [9.17, 15) is 9.59 Å². The lowest BCUT2D eigenvalue weighted by atomic mass is 9.82. The number of hydrogen-bond acceptors (Lipinski definition) is 3. The second-order valence-corrected chi connectivity index (χ2v) is 5.36. The molecular formula is C15H20N2O3. The zero-order valence-corrected chi connectivity index (χ0v) is 11.7. The second kappa shape index (κ2) is 6.03. The molecule has 1 aliphatic carbocycles. The van der Waals surface area contributed by atoms with Crippen molar-refractivity contribution < 1.29 is 14.7 Å². The SMILES string of the molecule is CCC1(C(=O)NCc2cc(C(=O)O)ccn2)CCCC1. The molecule has 1 aromatic heterocycles. The molecule has 1 aromatic rings. The van der Waals surface area contributed by atoms with E-state index >= 15 is 0 Å². The number of pyridine rings is 1. The van der Waals surface area contributed by atoms with Crippen molar-refractivity contribution in [3.63, 3.8) is 0 Å². The molecule has 5 nitrogen and oxygen atoms in total. The van der Waals surface area contributed by atoms with Gasteiger partial charge in [-0.2, -0.15) is 0 Å². The van der Waals surface area contributed by atoms with E-state index in [2.05, 4.69) is 10.3 Å². The van der Waals surface area contributed by atoms with Gasteiger partial charge in [-0.3, -0.25) is 9.78 Å². The summed E-state index contributed by atoms with van der Waals surface area (Å²) in [5.74, 6) is -0.916. The minimum atomic E-state index is -0.985. The Hall–Kier alpha value is -1.91. The van der Waals surface area contributed by atoms with Crippen LogP contribution in [0.15, 0.2) is 18.3 Å². The van der Waals surface area contributed by atoms with Crippen molar-refractivity contribution in [2.75, 3.05) is 0 Å². The zero-order chi connectivity index (χ0) is 14.6. The average molecular weight is 276 g/mol. The third kappa shape index (κ3) is 2.98. The van der Waals surface area contributed by atoms with E-state index in [0.29, 0.717) is 5.69 Å². The van der Waals surface area contributed by atoms with Crippen LogP contribution in [-0.2, 0) is 11.3 Å². The first-order valence-electron chi connectivity index (χ1n) is 7.04. The van der Waals surface area contributed by atoms with Crippen LogP contribution in [0, 0.1) is 5.41 Å². The third-order valence-electron chi connectivity index (χ3n) is 4.21. The maximum atomic E-state index is 12.3. The highest BCUT2D eigenvalue weighted by atomic mass is 16.4. The van der Waals surface area contributed by atoms with Crippen LogP contribution in [0.1, 0.15) is 55.1 Å². The molecule has 1 saturated carbocycles. The predicted molar refractivity (Wildman–Crippen MR) is 74.2 cm³/mol. The van der Waals surface area contributed by atoms with Gasteiger partial charge >= 0.3 is 5.97 Å². The van der Waals surface area contributed by atoms with E-state index in [4.69, 9.17) is 5.11 Å². The summed E-state index contributed by atoms with van der Waals surface area (Å²) in [5, 5.41) is 11.8. The third-order valence-corrected chi connectivity index (χ3v) is 4.21. The number of nitrogens with one attached hydrogen (secondary N) is 1. The normalized spacial score (nSPS) is 16.9. The van der Waals surface area contributed by atoms with Gasteiger partial charge in [0.15, 0.2) is 0 Å². The molecule has 1 aliphatic rings. The Balaban J connectivity index is 1.99. The molecule has 1 amide bonds. The van der Waals surface area contributed by atoms with Crippen LogP contribution in [-0.4, -0.2) is 22.0 Å². The van der Waals surface area contributed by atoms with Crippen molar-refractivity contribution in [2.45, 2.75) is 45.6 Å². The molecule has 1 fully saturated rings. The van der Waals surface area contributed by atoms with Crippen LogP contribution in [0.2, 0.25) is 0 Å². The Labute approximate surface area is 118 Å². The summed E-state index contributed by atoms with van der Waals surface area (Å²) in [6.45, 7) is 2.33. The largest absolute Gasteiger partial charge is 0.478 e. The van der Waals surface area contributed by atoms with Gasteiger partial charge in [0.2, 0.25) is 5.91 Å². The highest BCUT2D eigenvalue weighted by Crippen LogP contribution is 2.41. The number of rotatable bonds is 5. The lowest BCUT2D eigenvalue weighted by molar-refractivity contribution is -0.131. The molecule has 0 radical (unpaired) electrons. The van der Waals surface area contributed by atoms with E-state index in [1.165, 1.54) is 18.3 Å². The van der Waals surface area contributed by atoms with Crippen LogP contribution in [0.3, 0.4) is 0 Å². The average Bonchev–Trinajstić information content (AvgIpc) is 2.95. The maximum absolute atomic E-state index is 12.3. The van der Waals surface area contributed by atoms with Crippen molar-refractivity contribution in [1.82, 2.24) is 10.3 Å². The summed E-state index contributed by atoms with van der Waals surface area (Å²) in [6, 6.07) is 2.94. The molecule has 108 valence electrons. The van der Waals surface area contributed by atoms with Crippen LogP contribution < -0.4 is 5.32 Å². The molecule has 0 spiro atoms. The lowest BCUT2D eigenvalue weighted by Gasteiger charge is -2.25. The van der Waals surface area contributed by atoms with Gasteiger partial charge in [0.25, 0.3) is 0 Å². The molecule has 0 aromatic carbocycles. The van der Waals surface area contributed by atoms with E-state index in [0.717, 1.165) is 32.1 Å². The van der Waals surface area contributed by atoms with Crippen molar-refractivity contribution in [3.8, 4) is 0 Å². The summed E-state index contributed by atoms with van der Waals surface area (Å²) in [6.07, 6.45) is 6.40. The van der Waals surface area contributed by atoms with Gasteiger partial charge < -0.3 is 10.4 Å². The summed E-state index contributed by atoms with van der Waals surface area (Å²) >= 11 is 0. The fourth-order valence-corrected chi connectivity index (χ4v) is 2.86. The molecule has 0 unspecified atom stereocenters. The Morgan fingerprint density at radius 2 is 2.10 bits per heavy atom. The smallest absolute Gasteiger partial charge is 0.335 e. The Morgan fingerprint density at radius 1 is 1.40 bits per heavy atom. The Morgan fingerprint density at radius 3 is 2.70 bits per heavy atom. The number of carboxylic acid groups (broad SMARTS) is 1. The molecule has 5 heteroatoms. The number of hydrogen-bond donors (Lipinski definition) is 2. The van der Waals surface area contributed by atoms with Gasteiger partial charge in [-0.25, -0.2) is 4.79 Å². The summed E-state index contributed by atoms with van der Waals surface area (Å²) in [5.41, 5.74) is 0.530. The second-order valence-electron chi connectivity index (χ2n) is 5.36.